The van der Waals surface area contributed by atoms with Crippen LogP contribution in [0.1, 0.15) is 5.56 Å². The molecule has 0 atom stereocenters. The van der Waals surface area contributed by atoms with Crippen molar-refractivity contribution in [2.45, 2.75) is 12.8 Å². The number of aromatic amines is 1. The minimum atomic E-state index is -4.79. The van der Waals surface area contributed by atoms with Gasteiger partial charge >= 0.3 is 6.36 Å². The Bertz CT molecular complexity index is 938. The van der Waals surface area contributed by atoms with Gasteiger partial charge in [0.1, 0.15) is 11.6 Å². The molecular formula is C17H10F4N2O. The van der Waals surface area contributed by atoms with E-state index in [0.29, 0.717) is 27.6 Å². The lowest BCUT2D eigenvalue weighted by Gasteiger charge is -2.10. The van der Waals surface area contributed by atoms with Gasteiger partial charge in [-0.2, -0.15) is 5.26 Å². The fourth-order valence-electron chi connectivity index (χ4n) is 2.55. The summed E-state index contributed by atoms with van der Waals surface area (Å²) in [5.41, 5.74) is 1.79. The summed E-state index contributed by atoms with van der Waals surface area (Å²) < 4.78 is 55.2. The summed E-state index contributed by atoms with van der Waals surface area (Å²) in [6.07, 6.45) is -3.19. The standard InChI is InChI=1S/C17H10F4N2O/c18-14-7-12(8-15-16(14)11(4-5-22)9-23-15)10-2-1-3-13(6-10)24-17(19,20)21/h1-3,6-9,23H,4H2. The Morgan fingerprint density at radius 2 is 1.92 bits per heavy atom. The molecule has 0 aliphatic carbocycles. The molecule has 0 radical (unpaired) electrons. The second-order valence-corrected chi connectivity index (χ2v) is 5.11. The topological polar surface area (TPSA) is 48.8 Å². The smallest absolute Gasteiger partial charge is 0.406 e. The van der Waals surface area contributed by atoms with Gasteiger partial charge in [0, 0.05) is 17.1 Å². The van der Waals surface area contributed by atoms with E-state index in [-0.39, 0.29) is 12.2 Å². The number of halogens is 4. The van der Waals surface area contributed by atoms with E-state index in [1.165, 1.54) is 24.3 Å². The quantitative estimate of drug-likeness (QED) is 0.690. The van der Waals surface area contributed by atoms with Gasteiger partial charge in [-0.1, -0.05) is 12.1 Å². The monoisotopic (exact) mass is 334 g/mol. The highest BCUT2D eigenvalue weighted by Crippen LogP contribution is 2.32. The van der Waals surface area contributed by atoms with Crippen molar-refractivity contribution in [3.05, 3.63) is 54.0 Å². The number of fused-ring (bicyclic) bond motifs is 1. The molecule has 0 saturated carbocycles. The summed E-state index contributed by atoms with van der Waals surface area (Å²) in [5, 5.41) is 9.06. The summed E-state index contributed by atoms with van der Waals surface area (Å²) >= 11 is 0. The minimum Gasteiger partial charge on any atom is -0.406 e. The second-order valence-electron chi connectivity index (χ2n) is 5.11. The van der Waals surface area contributed by atoms with Gasteiger partial charge in [-0.3, -0.25) is 0 Å². The van der Waals surface area contributed by atoms with Crippen molar-refractivity contribution < 1.29 is 22.3 Å². The van der Waals surface area contributed by atoms with E-state index in [1.807, 2.05) is 6.07 Å². The van der Waals surface area contributed by atoms with Crippen molar-refractivity contribution in [3.63, 3.8) is 0 Å². The number of nitrogens with zero attached hydrogens (tertiary/aromatic N) is 1. The van der Waals surface area contributed by atoms with Crippen LogP contribution >= 0.6 is 0 Å². The van der Waals surface area contributed by atoms with E-state index in [2.05, 4.69) is 9.72 Å². The van der Waals surface area contributed by atoms with Crippen LogP contribution in [0.3, 0.4) is 0 Å². The molecule has 7 heteroatoms. The number of H-pyrrole nitrogens is 1. The van der Waals surface area contributed by atoms with Gasteiger partial charge in [0.25, 0.3) is 0 Å². The first-order chi connectivity index (χ1) is 11.4. The number of hydrogen-bond donors (Lipinski definition) is 1. The second kappa shape index (κ2) is 5.89. The van der Waals surface area contributed by atoms with E-state index in [0.717, 1.165) is 0 Å². The Kier molecular flexibility index (Phi) is 3.89. The molecule has 24 heavy (non-hydrogen) atoms. The highest BCUT2D eigenvalue weighted by molar-refractivity contribution is 5.88. The molecule has 0 spiro atoms. The third-order valence-corrected chi connectivity index (χ3v) is 3.48. The summed E-state index contributed by atoms with van der Waals surface area (Å²) in [7, 11) is 0. The summed E-state index contributed by atoms with van der Waals surface area (Å²) in [4.78, 5) is 2.87. The van der Waals surface area contributed by atoms with E-state index in [1.54, 1.807) is 18.3 Å². The highest BCUT2D eigenvalue weighted by Gasteiger charge is 2.31. The number of rotatable bonds is 3. The number of ether oxygens (including phenoxy) is 1. The highest BCUT2D eigenvalue weighted by atomic mass is 19.4. The van der Waals surface area contributed by atoms with Gasteiger partial charge in [0.2, 0.25) is 0 Å². The van der Waals surface area contributed by atoms with Crippen LogP contribution in [0, 0.1) is 17.1 Å². The van der Waals surface area contributed by atoms with Crippen LogP contribution in [0.4, 0.5) is 17.6 Å². The number of nitriles is 1. The largest absolute Gasteiger partial charge is 0.573 e. The van der Waals surface area contributed by atoms with Crippen molar-refractivity contribution >= 4 is 10.9 Å². The Balaban J connectivity index is 2.04. The van der Waals surface area contributed by atoms with Crippen LogP contribution in [0.15, 0.2) is 42.6 Å². The lowest BCUT2D eigenvalue weighted by molar-refractivity contribution is -0.274. The molecule has 0 bridgehead atoms. The SMILES string of the molecule is N#CCc1c[nH]c2cc(-c3cccc(OC(F)(F)F)c3)cc(F)c12. The number of hydrogen-bond acceptors (Lipinski definition) is 2. The Hall–Kier alpha value is -3.01. The average Bonchev–Trinajstić information content (AvgIpc) is 2.90. The Morgan fingerprint density at radius 1 is 1.12 bits per heavy atom. The Labute approximate surface area is 134 Å². The van der Waals surface area contributed by atoms with Crippen molar-refractivity contribution in [1.82, 2.24) is 4.98 Å². The molecular weight excluding hydrogens is 324 g/mol. The van der Waals surface area contributed by atoms with Crippen molar-refractivity contribution in [2.24, 2.45) is 0 Å². The number of benzene rings is 2. The van der Waals surface area contributed by atoms with E-state index in [4.69, 9.17) is 5.26 Å². The molecule has 2 aromatic carbocycles. The van der Waals surface area contributed by atoms with E-state index < -0.39 is 12.2 Å². The van der Waals surface area contributed by atoms with Gasteiger partial charge in [0.15, 0.2) is 0 Å². The van der Waals surface area contributed by atoms with E-state index >= 15 is 0 Å². The molecule has 3 aromatic rings. The number of aromatic nitrogens is 1. The van der Waals surface area contributed by atoms with Crippen molar-refractivity contribution in [3.8, 4) is 22.9 Å². The average molecular weight is 334 g/mol. The van der Waals surface area contributed by atoms with Crippen LogP contribution in [0.25, 0.3) is 22.0 Å². The summed E-state index contributed by atoms with van der Waals surface area (Å²) in [5.74, 6) is -0.923. The molecule has 1 aromatic heterocycles. The predicted molar refractivity (Wildman–Crippen MR) is 79.7 cm³/mol. The molecule has 1 heterocycles. The summed E-state index contributed by atoms with van der Waals surface area (Å²) in [6.45, 7) is 0. The third kappa shape index (κ3) is 3.18. The van der Waals surface area contributed by atoms with Crippen LogP contribution < -0.4 is 4.74 Å². The van der Waals surface area contributed by atoms with Crippen LogP contribution in [-0.4, -0.2) is 11.3 Å². The zero-order valence-electron chi connectivity index (χ0n) is 12.1. The first-order valence-corrected chi connectivity index (χ1v) is 6.90. The van der Waals surface area contributed by atoms with Crippen molar-refractivity contribution in [2.75, 3.05) is 0 Å². The predicted octanol–water partition coefficient (Wildman–Crippen LogP) is 4.94. The maximum absolute atomic E-state index is 14.4. The first kappa shape index (κ1) is 15.9. The zero-order valence-corrected chi connectivity index (χ0v) is 12.1. The van der Waals surface area contributed by atoms with Gasteiger partial charge in [-0.15, -0.1) is 13.2 Å². The summed E-state index contributed by atoms with van der Waals surface area (Å²) in [6, 6.07) is 10.1. The molecule has 0 amide bonds. The fraction of sp³-hybridized carbons (Fsp3) is 0.118. The van der Waals surface area contributed by atoms with Crippen LogP contribution in [0.5, 0.6) is 5.75 Å². The molecule has 0 aliphatic rings. The van der Waals surface area contributed by atoms with Gasteiger partial charge in [0.05, 0.1) is 12.5 Å². The Morgan fingerprint density at radius 3 is 2.62 bits per heavy atom. The zero-order chi connectivity index (χ0) is 17.3. The molecule has 0 aliphatic heterocycles. The third-order valence-electron chi connectivity index (χ3n) is 3.48. The number of alkyl halides is 3. The molecule has 3 nitrogen and oxygen atoms in total. The lowest BCUT2D eigenvalue weighted by atomic mass is 10.0. The number of nitrogens with one attached hydrogen (secondary N) is 1. The van der Waals surface area contributed by atoms with Gasteiger partial charge in [-0.05, 0) is 41.0 Å². The minimum absolute atomic E-state index is 0.0607. The fourth-order valence-corrected chi connectivity index (χ4v) is 2.55. The van der Waals surface area contributed by atoms with Gasteiger partial charge in [-0.25, -0.2) is 4.39 Å². The van der Waals surface area contributed by atoms with Crippen LogP contribution in [-0.2, 0) is 6.42 Å². The maximum Gasteiger partial charge on any atom is 0.573 e. The normalized spacial score (nSPS) is 11.5. The molecule has 1 N–H and O–H groups in total. The maximum atomic E-state index is 14.4. The van der Waals surface area contributed by atoms with Crippen LogP contribution in [0.2, 0.25) is 0 Å². The van der Waals surface area contributed by atoms with Crippen molar-refractivity contribution in [1.29, 1.82) is 5.26 Å². The molecule has 0 saturated heterocycles. The molecule has 3 rings (SSSR count). The first-order valence-electron chi connectivity index (χ1n) is 6.90. The van der Waals surface area contributed by atoms with E-state index in [9.17, 15) is 17.6 Å². The molecule has 0 unspecified atom stereocenters. The lowest BCUT2D eigenvalue weighted by Crippen LogP contribution is -2.17. The molecule has 0 fully saturated rings. The van der Waals surface area contributed by atoms with Gasteiger partial charge < -0.3 is 9.72 Å². The molecule has 122 valence electrons.